The molecule has 0 aromatic heterocycles. The van der Waals surface area contributed by atoms with E-state index in [-0.39, 0.29) is 6.67 Å². The third-order valence-corrected chi connectivity index (χ3v) is 3.88. The lowest BCUT2D eigenvalue weighted by molar-refractivity contribution is 0.250. The predicted octanol–water partition coefficient (Wildman–Crippen LogP) is 2.73. The summed E-state index contributed by atoms with van der Waals surface area (Å²) in [4.78, 5) is 4.18. The molecule has 0 heterocycles. The van der Waals surface area contributed by atoms with Gasteiger partial charge in [-0.1, -0.05) is 13.8 Å². The second-order valence-corrected chi connectivity index (χ2v) is 5.54. The molecular formula is C14H28FN3. The first kappa shape index (κ1) is 15.3. The topological polar surface area (TPSA) is 36.4 Å². The molecule has 1 rings (SSSR count). The summed E-state index contributed by atoms with van der Waals surface area (Å²) in [5.41, 5.74) is 0. The fourth-order valence-electron chi connectivity index (χ4n) is 2.59. The Labute approximate surface area is 111 Å². The van der Waals surface area contributed by atoms with Crippen LogP contribution in [-0.4, -0.2) is 32.3 Å². The molecule has 0 unspecified atom stereocenters. The van der Waals surface area contributed by atoms with Crippen molar-refractivity contribution in [3.63, 3.8) is 0 Å². The molecule has 0 atom stereocenters. The van der Waals surface area contributed by atoms with Crippen molar-refractivity contribution in [1.29, 1.82) is 0 Å². The highest BCUT2D eigenvalue weighted by molar-refractivity contribution is 5.79. The Balaban J connectivity index is 2.26. The first-order valence-electron chi connectivity index (χ1n) is 7.20. The van der Waals surface area contributed by atoms with E-state index >= 15 is 0 Å². The molecule has 1 aliphatic rings. The minimum atomic E-state index is -0.274. The van der Waals surface area contributed by atoms with E-state index in [0.29, 0.717) is 19.0 Å². The van der Waals surface area contributed by atoms with Crippen LogP contribution in [0.25, 0.3) is 0 Å². The van der Waals surface area contributed by atoms with E-state index in [4.69, 9.17) is 0 Å². The van der Waals surface area contributed by atoms with Crippen LogP contribution in [-0.2, 0) is 0 Å². The molecule has 1 fully saturated rings. The van der Waals surface area contributed by atoms with Gasteiger partial charge in [-0.2, -0.15) is 0 Å². The molecule has 1 aliphatic carbocycles. The molecule has 4 heteroatoms. The first-order valence-corrected chi connectivity index (χ1v) is 7.20. The number of nitrogens with one attached hydrogen (secondary N) is 2. The van der Waals surface area contributed by atoms with E-state index in [2.05, 4.69) is 29.5 Å². The maximum Gasteiger partial charge on any atom is 0.191 e. The van der Waals surface area contributed by atoms with Gasteiger partial charge in [0.1, 0.15) is 0 Å². The molecule has 1 saturated carbocycles. The molecule has 2 N–H and O–H groups in total. The van der Waals surface area contributed by atoms with Gasteiger partial charge in [0.05, 0.1) is 6.67 Å². The van der Waals surface area contributed by atoms with E-state index in [1.54, 1.807) is 7.05 Å². The summed E-state index contributed by atoms with van der Waals surface area (Å²) in [6.45, 7) is 5.01. The van der Waals surface area contributed by atoms with Gasteiger partial charge >= 0.3 is 0 Å². The highest BCUT2D eigenvalue weighted by Gasteiger charge is 2.23. The van der Waals surface area contributed by atoms with Gasteiger partial charge in [-0.25, -0.2) is 0 Å². The minimum absolute atomic E-state index is 0.274. The maximum atomic E-state index is 12.0. The normalized spacial score (nSPS) is 25.3. The molecule has 0 aromatic rings. The molecule has 18 heavy (non-hydrogen) atoms. The Hall–Kier alpha value is -0.800. The number of halogens is 1. The average Bonchev–Trinajstić information content (AvgIpc) is 2.38. The Kier molecular flexibility index (Phi) is 7.06. The molecule has 0 radical (unpaired) electrons. The molecule has 0 aliphatic heterocycles. The van der Waals surface area contributed by atoms with Crippen LogP contribution in [0.5, 0.6) is 0 Å². The largest absolute Gasteiger partial charge is 0.356 e. The minimum Gasteiger partial charge on any atom is -0.356 e. The van der Waals surface area contributed by atoms with Crippen molar-refractivity contribution in [3.8, 4) is 0 Å². The fraction of sp³-hybridized carbons (Fsp3) is 0.929. The number of aliphatic imine (C=N–C) groups is 1. The van der Waals surface area contributed by atoms with Crippen molar-refractivity contribution in [2.75, 3.05) is 20.3 Å². The molecular weight excluding hydrogens is 229 g/mol. The lowest BCUT2D eigenvalue weighted by Crippen LogP contribution is -2.45. The summed E-state index contributed by atoms with van der Waals surface area (Å²) < 4.78 is 12.0. The molecule has 0 amide bonds. The molecule has 0 saturated heterocycles. The van der Waals surface area contributed by atoms with Crippen LogP contribution in [0.1, 0.15) is 46.0 Å². The Morgan fingerprint density at radius 3 is 2.44 bits per heavy atom. The third-order valence-electron chi connectivity index (χ3n) is 3.88. The number of nitrogens with zero attached hydrogens (tertiary/aromatic N) is 1. The quantitative estimate of drug-likeness (QED) is 0.451. The van der Waals surface area contributed by atoms with Crippen LogP contribution in [0.4, 0.5) is 4.39 Å². The van der Waals surface area contributed by atoms with Gasteiger partial charge < -0.3 is 10.6 Å². The van der Waals surface area contributed by atoms with Crippen LogP contribution in [0, 0.1) is 11.8 Å². The van der Waals surface area contributed by atoms with Gasteiger partial charge in [-0.05, 0) is 43.9 Å². The Bertz CT molecular complexity index is 245. The van der Waals surface area contributed by atoms with E-state index in [9.17, 15) is 4.39 Å². The number of guanidine groups is 1. The highest BCUT2D eigenvalue weighted by Crippen LogP contribution is 2.29. The monoisotopic (exact) mass is 257 g/mol. The zero-order valence-electron chi connectivity index (χ0n) is 12.0. The van der Waals surface area contributed by atoms with Crippen molar-refractivity contribution in [2.45, 2.75) is 52.0 Å². The molecule has 0 bridgehead atoms. The Morgan fingerprint density at radius 1 is 1.28 bits per heavy atom. The summed E-state index contributed by atoms with van der Waals surface area (Å²) in [5.74, 6) is 2.49. The van der Waals surface area contributed by atoms with E-state index in [1.165, 1.54) is 25.7 Å². The van der Waals surface area contributed by atoms with Gasteiger partial charge in [0.2, 0.25) is 0 Å². The summed E-state index contributed by atoms with van der Waals surface area (Å²) >= 11 is 0. The smallest absolute Gasteiger partial charge is 0.191 e. The van der Waals surface area contributed by atoms with E-state index in [1.807, 2.05) is 0 Å². The predicted molar refractivity (Wildman–Crippen MR) is 75.7 cm³/mol. The summed E-state index contributed by atoms with van der Waals surface area (Å²) in [6, 6.07) is 0.525. The molecule has 0 aromatic carbocycles. The summed E-state index contributed by atoms with van der Waals surface area (Å²) in [6.07, 6.45) is 5.58. The zero-order chi connectivity index (χ0) is 13.4. The van der Waals surface area contributed by atoms with Gasteiger partial charge in [0, 0.05) is 19.6 Å². The van der Waals surface area contributed by atoms with Gasteiger partial charge in [-0.15, -0.1) is 0 Å². The van der Waals surface area contributed by atoms with Crippen LogP contribution < -0.4 is 10.6 Å². The van der Waals surface area contributed by atoms with Gasteiger partial charge in [0.15, 0.2) is 5.96 Å². The lowest BCUT2D eigenvalue weighted by atomic mass is 9.80. The van der Waals surface area contributed by atoms with Crippen LogP contribution in [0.2, 0.25) is 0 Å². The van der Waals surface area contributed by atoms with Crippen molar-refractivity contribution in [3.05, 3.63) is 0 Å². The summed E-state index contributed by atoms with van der Waals surface area (Å²) in [7, 11) is 1.77. The number of hydrogen-bond donors (Lipinski definition) is 2. The van der Waals surface area contributed by atoms with E-state index < -0.39 is 0 Å². The average molecular weight is 257 g/mol. The number of rotatable bonds is 5. The molecule has 3 nitrogen and oxygen atoms in total. The zero-order valence-corrected chi connectivity index (χ0v) is 12.0. The van der Waals surface area contributed by atoms with Crippen LogP contribution >= 0.6 is 0 Å². The van der Waals surface area contributed by atoms with E-state index in [0.717, 1.165) is 17.8 Å². The van der Waals surface area contributed by atoms with Gasteiger partial charge in [0.25, 0.3) is 0 Å². The first-order chi connectivity index (χ1) is 8.67. The highest BCUT2D eigenvalue weighted by atomic mass is 19.1. The molecule has 0 spiro atoms. The Morgan fingerprint density at radius 2 is 1.94 bits per heavy atom. The van der Waals surface area contributed by atoms with Crippen molar-refractivity contribution < 1.29 is 4.39 Å². The second-order valence-electron chi connectivity index (χ2n) is 5.54. The van der Waals surface area contributed by atoms with Crippen molar-refractivity contribution in [1.82, 2.24) is 10.6 Å². The number of hydrogen-bond acceptors (Lipinski definition) is 1. The fourth-order valence-corrected chi connectivity index (χ4v) is 2.59. The van der Waals surface area contributed by atoms with Crippen molar-refractivity contribution >= 4 is 5.96 Å². The summed E-state index contributed by atoms with van der Waals surface area (Å²) in [5, 5.41) is 6.59. The van der Waals surface area contributed by atoms with Crippen LogP contribution in [0.15, 0.2) is 4.99 Å². The standard InChI is InChI=1S/C14H28FN3/c1-11(2)12-5-7-13(8-6-12)18-14(16-3)17-10-4-9-15/h11-13H,4-10H2,1-3H3,(H2,16,17,18). The van der Waals surface area contributed by atoms with Gasteiger partial charge in [-0.3, -0.25) is 9.38 Å². The third kappa shape index (κ3) is 5.23. The maximum absolute atomic E-state index is 12.0. The van der Waals surface area contributed by atoms with Crippen LogP contribution in [0.3, 0.4) is 0 Å². The van der Waals surface area contributed by atoms with Crippen molar-refractivity contribution in [2.24, 2.45) is 16.8 Å². The second kappa shape index (κ2) is 8.33. The SMILES string of the molecule is CN=C(NCCCF)NC1CCC(C(C)C)CC1. The molecule has 106 valence electrons. The lowest BCUT2D eigenvalue weighted by Gasteiger charge is -2.32. The number of alkyl halides is 1.